The van der Waals surface area contributed by atoms with Crippen molar-refractivity contribution in [2.24, 2.45) is 4.99 Å². The van der Waals surface area contributed by atoms with Crippen molar-refractivity contribution in [3.63, 3.8) is 0 Å². The van der Waals surface area contributed by atoms with E-state index in [0.29, 0.717) is 26.4 Å². The van der Waals surface area contributed by atoms with E-state index in [4.69, 9.17) is 9.47 Å². The third-order valence-corrected chi connectivity index (χ3v) is 6.68. The van der Waals surface area contributed by atoms with Gasteiger partial charge in [-0.3, -0.25) is 14.2 Å². The fourth-order valence-electron chi connectivity index (χ4n) is 3.46. The van der Waals surface area contributed by atoms with Gasteiger partial charge in [0, 0.05) is 11.8 Å². The minimum Gasteiger partial charge on any atom is -0.463 e. The molecule has 3 aromatic rings. The van der Waals surface area contributed by atoms with Gasteiger partial charge in [0.1, 0.15) is 11.8 Å². The Morgan fingerprint density at radius 1 is 1.22 bits per heavy atom. The quantitative estimate of drug-likeness (QED) is 0.425. The van der Waals surface area contributed by atoms with Crippen LogP contribution in [-0.4, -0.2) is 23.1 Å². The van der Waals surface area contributed by atoms with E-state index in [-0.39, 0.29) is 12.2 Å². The number of allylic oxidation sites excluding steroid dienone is 1. The molecule has 164 valence electrons. The van der Waals surface area contributed by atoms with Gasteiger partial charge in [-0.05, 0) is 49.1 Å². The highest BCUT2D eigenvalue weighted by molar-refractivity contribution is 7.10. The molecule has 32 heavy (non-hydrogen) atoms. The fraction of sp³-hybridized carbons (Fsp3) is 0.217. The number of thiophene rings is 1. The van der Waals surface area contributed by atoms with Crippen molar-refractivity contribution in [2.45, 2.75) is 26.8 Å². The standard InChI is InChI=1S/C23H20N2O5S2/c1-4-29-22(28)19-13(2)24-23-25(20(19)17-6-5-11-31-17)21(27)18(32-23)12-15-7-9-16(10-8-15)30-14(3)26/h5-12,20H,4H2,1-3H3/b18-12+/t20-/m1/s1. The van der Waals surface area contributed by atoms with E-state index in [9.17, 15) is 14.4 Å². The maximum absolute atomic E-state index is 13.4. The number of fused-ring (bicyclic) bond motifs is 1. The predicted octanol–water partition coefficient (Wildman–Crippen LogP) is 2.79. The van der Waals surface area contributed by atoms with Crippen LogP contribution in [0.15, 0.2) is 62.8 Å². The zero-order chi connectivity index (χ0) is 22.8. The Kier molecular flexibility index (Phi) is 6.20. The maximum atomic E-state index is 13.4. The fourth-order valence-corrected chi connectivity index (χ4v) is 5.33. The van der Waals surface area contributed by atoms with Crippen LogP contribution in [0, 0.1) is 0 Å². The lowest BCUT2D eigenvalue weighted by molar-refractivity contribution is -0.139. The zero-order valence-corrected chi connectivity index (χ0v) is 19.3. The van der Waals surface area contributed by atoms with Crippen molar-refractivity contribution >= 4 is 40.7 Å². The lowest BCUT2D eigenvalue weighted by Gasteiger charge is -2.23. The van der Waals surface area contributed by atoms with Crippen LogP contribution in [0.3, 0.4) is 0 Å². The molecule has 1 aliphatic rings. The van der Waals surface area contributed by atoms with Crippen molar-refractivity contribution in [2.75, 3.05) is 6.61 Å². The Balaban J connectivity index is 1.83. The summed E-state index contributed by atoms with van der Waals surface area (Å²) in [5.41, 5.74) is 1.46. The summed E-state index contributed by atoms with van der Waals surface area (Å²) in [5.74, 6) is -0.432. The van der Waals surface area contributed by atoms with Crippen LogP contribution in [0.5, 0.6) is 5.75 Å². The number of carbonyl (C=O) groups excluding carboxylic acids is 2. The molecule has 0 spiro atoms. The van der Waals surface area contributed by atoms with E-state index in [1.54, 1.807) is 48.8 Å². The second-order valence-electron chi connectivity index (χ2n) is 6.98. The molecule has 1 aromatic carbocycles. The number of nitrogens with zero attached hydrogens (tertiary/aromatic N) is 2. The van der Waals surface area contributed by atoms with Gasteiger partial charge in [0.2, 0.25) is 0 Å². The Bertz CT molecular complexity index is 1380. The molecule has 0 unspecified atom stereocenters. The molecule has 0 radical (unpaired) electrons. The van der Waals surface area contributed by atoms with Crippen LogP contribution < -0.4 is 19.6 Å². The summed E-state index contributed by atoms with van der Waals surface area (Å²) < 4.78 is 12.4. The number of rotatable bonds is 5. The van der Waals surface area contributed by atoms with Gasteiger partial charge in [-0.1, -0.05) is 29.5 Å². The number of thiazole rings is 1. The molecule has 0 bridgehead atoms. The van der Waals surface area contributed by atoms with Gasteiger partial charge in [0.25, 0.3) is 5.56 Å². The second-order valence-corrected chi connectivity index (χ2v) is 8.97. The summed E-state index contributed by atoms with van der Waals surface area (Å²) in [7, 11) is 0. The summed E-state index contributed by atoms with van der Waals surface area (Å²) in [5, 5.41) is 1.91. The van der Waals surface area contributed by atoms with E-state index in [1.165, 1.54) is 29.6 Å². The lowest BCUT2D eigenvalue weighted by Crippen LogP contribution is -2.39. The molecule has 2 aromatic heterocycles. The first-order chi connectivity index (χ1) is 15.4. The van der Waals surface area contributed by atoms with Gasteiger partial charge < -0.3 is 9.47 Å². The first-order valence-corrected chi connectivity index (χ1v) is 11.6. The molecule has 0 N–H and O–H groups in total. The third-order valence-electron chi connectivity index (χ3n) is 4.77. The average molecular weight is 469 g/mol. The smallest absolute Gasteiger partial charge is 0.338 e. The number of esters is 2. The number of aromatic nitrogens is 1. The van der Waals surface area contributed by atoms with Crippen LogP contribution >= 0.6 is 22.7 Å². The van der Waals surface area contributed by atoms with Gasteiger partial charge in [0.05, 0.1) is 22.4 Å². The van der Waals surface area contributed by atoms with Gasteiger partial charge in [-0.2, -0.15) is 0 Å². The van der Waals surface area contributed by atoms with E-state index in [2.05, 4.69) is 4.99 Å². The first-order valence-electron chi connectivity index (χ1n) is 9.90. The van der Waals surface area contributed by atoms with Gasteiger partial charge in [0.15, 0.2) is 4.80 Å². The van der Waals surface area contributed by atoms with Gasteiger partial charge in [-0.15, -0.1) is 11.3 Å². The number of hydrogen-bond donors (Lipinski definition) is 0. The van der Waals surface area contributed by atoms with E-state index >= 15 is 0 Å². The minimum absolute atomic E-state index is 0.231. The summed E-state index contributed by atoms with van der Waals surface area (Å²) in [6, 6.07) is 10.1. The van der Waals surface area contributed by atoms with Crippen molar-refractivity contribution in [3.8, 4) is 5.75 Å². The van der Waals surface area contributed by atoms with Crippen molar-refractivity contribution < 1.29 is 19.1 Å². The molecular weight excluding hydrogens is 448 g/mol. The number of hydrogen-bond acceptors (Lipinski definition) is 8. The normalized spacial score (nSPS) is 15.8. The topological polar surface area (TPSA) is 87.0 Å². The molecular formula is C23H20N2O5S2. The highest BCUT2D eigenvalue weighted by Gasteiger charge is 2.33. The zero-order valence-electron chi connectivity index (χ0n) is 17.7. The Labute approximate surface area is 191 Å². The SMILES string of the molecule is CCOC(=O)C1=C(C)N=c2s/c(=C/c3ccc(OC(C)=O)cc3)c(=O)n2[C@@H]1c1cccs1. The van der Waals surface area contributed by atoms with Gasteiger partial charge >= 0.3 is 11.9 Å². The number of ether oxygens (including phenoxy) is 2. The lowest BCUT2D eigenvalue weighted by atomic mass is 10.0. The Morgan fingerprint density at radius 2 is 1.97 bits per heavy atom. The Hall–Kier alpha value is -3.30. The molecule has 3 heterocycles. The summed E-state index contributed by atoms with van der Waals surface area (Å²) in [4.78, 5) is 43.2. The molecule has 0 fully saturated rings. The maximum Gasteiger partial charge on any atom is 0.338 e. The predicted molar refractivity (Wildman–Crippen MR) is 122 cm³/mol. The number of carbonyl (C=O) groups is 2. The molecule has 0 amide bonds. The molecule has 4 rings (SSSR count). The van der Waals surface area contributed by atoms with E-state index in [1.807, 2.05) is 17.5 Å². The highest BCUT2D eigenvalue weighted by atomic mass is 32.1. The minimum atomic E-state index is -0.584. The Morgan fingerprint density at radius 3 is 2.59 bits per heavy atom. The molecule has 0 aliphatic carbocycles. The number of benzene rings is 1. The summed E-state index contributed by atoms with van der Waals surface area (Å²) in [6.07, 6.45) is 1.76. The van der Waals surface area contributed by atoms with Crippen molar-refractivity contribution in [3.05, 3.63) is 83.2 Å². The summed E-state index contributed by atoms with van der Waals surface area (Å²) in [6.45, 7) is 5.08. The van der Waals surface area contributed by atoms with E-state index in [0.717, 1.165) is 10.4 Å². The third kappa shape index (κ3) is 4.21. The second kappa shape index (κ2) is 9.05. The van der Waals surface area contributed by atoms with E-state index < -0.39 is 18.0 Å². The van der Waals surface area contributed by atoms with Crippen LogP contribution in [0.25, 0.3) is 6.08 Å². The van der Waals surface area contributed by atoms with Crippen LogP contribution in [0.2, 0.25) is 0 Å². The highest BCUT2D eigenvalue weighted by Crippen LogP contribution is 2.33. The monoisotopic (exact) mass is 468 g/mol. The molecule has 1 atom stereocenters. The summed E-state index contributed by atoms with van der Waals surface area (Å²) >= 11 is 2.74. The molecule has 7 nitrogen and oxygen atoms in total. The molecule has 1 aliphatic heterocycles. The largest absolute Gasteiger partial charge is 0.463 e. The van der Waals surface area contributed by atoms with Crippen LogP contribution in [0.4, 0.5) is 0 Å². The van der Waals surface area contributed by atoms with Crippen molar-refractivity contribution in [1.29, 1.82) is 0 Å². The molecule has 0 saturated heterocycles. The first kappa shape index (κ1) is 21.9. The molecule has 0 saturated carbocycles. The molecule has 9 heteroatoms. The van der Waals surface area contributed by atoms with Crippen molar-refractivity contribution in [1.82, 2.24) is 4.57 Å². The van der Waals surface area contributed by atoms with Gasteiger partial charge in [-0.25, -0.2) is 9.79 Å². The average Bonchev–Trinajstić information content (AvgIpc) is 3.37. The van der Waals surface area contributed by atoms with Crippen LogP contribution in [-0.2, 0) is 14.3 Å². The van der Waals surface area contributed by atoms with Crippen LogP contribution in [0.1, 0.15) is 37.3 Å².